The highest BCUT2D eigenvalue weighted by molar-refractivity contribution is 7.99. The lowest BCUT2D eigenvalue weighted by molar-refractivity contribution is 0.855. The van der Waals surface area contributed by atoms with E-state index in [0.29, 0.717) is 5.82 Å². The molecule has 0 fully saturated rings. The molecule has 0 aliphatic heterocycles. The summed E-state index contributed by atoms with van der Waals surface area (Å²) in [4.78, 5) is 13.1. The minimum Gasteiger partial charge on any atom is -0.308 e. The summed E-state index contributed by atoms with van der Waals surface area (Å²) < 4.78 is 0. The normalized spacial score (nSPS) is 10.6. The number of anilines is 1. The Morgan fingerprint density at radius 3 is 2.70 bits per heavy atom. The van der Waals surface area contributed by atoms with Gasteiger partial charge in [-0.15, -0.1) is 0 Å². The number of hydrogen-bond donors (Lipinski definition) is 2. The number of nitrogens with zero attached hydrogens (tertiary/aromatic N) is 3. The van der Waals surface area contributed by atoms with Gasteiger partial charge in [0.15, 0.2) is 0 Å². The lowest BCUT2D eigenvalue weighted by Crippen LogP contribution is -2.12. The zero-order valence-electron chi connectivity index (χ0n) is 12.0. The molecule has 0 atom stereocenters. The number of nitrogens with one attached hydrogen (secondary N) is 1. The van der Waals surface area contributed by atoms with Gasteiger partial charge in [0.25, 0.3) is 0 Å². The van der Waals surface area contributed by atoms with Crippen LogP contribution in [-0.4, -0.2) is 15.0 Å². The molecule has 0 saturated carbocycles. The first-order valence-electron chi connectivity index (χ1n) is 6.57. The maximum atomic E-state index is 5.53. The van der Waals surface area contributed by atoms with Crippen LogP contribution in [-0.2, 0) is 6.42 Å². The van der Waals surface area contributed by atoms with E-state index < -0.39 is 0 Å². The molecule has 106 valence electrons. The predicted molar refractivity (Wildman–Crippen MR) is 81.7 cm³/mol. The summed E-state index contributed by atoms with van der Waals surface area (Å²) in [6, 6.07) is 4.12. The quantitative estimate of drug-likeness (QED) is 0.501. The number of hydrazine groups is 1. The van der Waals surface area contributed by atoms with Gasteiger partial charge in [0.05, 0.1) is 0 Å². The van der Waals surface area contributed by atoms with Crippen molar-refractivity contribution < 1.29 is 0 Å². The zero-order chi connectivity index (χ0) is 14.5. The molecule has 0 bridgehead atoms. The largest absolute Gasteiger partial charge is 0.308 e. The van der Waals surface area contributed by atoms with E-state index in [1.165, 1.54) is 11.9 Å². The van der Waals surface area contributed by atoms with E-state index in [-0.39, 0.29) is 0 Å². The van der Waals surface area contributed by atoms with Crippen molar-refractivity contribution >= 4 is 17.6 Å². The lowest BCUT2D eigenvalue weighted by Gasteiger charge is -2.11. The zero-order valence-corrected chi connectivity index (χ0v) is 12.8. The molecular formula is C14H19N5S. The van der Waals surface area contributed by atoms with Crippen LogP contribution in [0.3, 0.4) is 0 Å². The van der Waals surface area contributed by atoms with E-state index in [1.54, 1.807) is 11.8 Å². The van der Waals surface area contributed by atoms with Crippen LogP contribution in [0.2, 0.25) is 0 Å². The lowest BCUT2D eigenvalue weighted by atomic mass is 10.2. The summed E-state index contributed by atoms with van der Waals surface area (Å²) >= 11 is 1.55. The Kier molecular flexibility index (Phi) is 4.92. The Morgan fingerprint density at radius 2 is 2.05 bits per heavy atom. The first-order valence-corrected chi connectivity index (χ1v) is 7.39. The molecule has 0 saturated heterocycles. The molecule has 0 aliphatic rings. The fraction of sp³-hybridized carbons (Fsp3) is 0.357. The van der Waals surface area contributed by atoms with E-state index in [2.05, 4.69) is 46.4 Å². The third-order valence-electron chi connectivity index (χ3n) is 2.82. The van der Waals surface area contributed by atoms with Crippen LogP contribution in [0.25, 0.3) is 0 Å². The van der Waals surface area contributed by atoms with E-state index >= 15 is 0 Å². The van der Waals surface area contributed by atoms with Crippen molar-refractivity contribution in [1.82, 2.24) is 15.0 Å². The van der Waals surface area contributed by atoms with E-state index in [1.807, 2.05) is 6.92 Å². The first kappa shape index (κ1) is 14.7. The number of pyridine rings is 1. The van der Waals surface area contributed by atoms with Crippen LogP contribution >= 0.6 is 11.8 Å². The fourth-order valence-corrected chi connectivity index (χ4v) is 3.09. The minimum atomic E-state index is 0.689. The summed E-state index contributed by atoms with van der Waals surface area (Å²) in [7, 11) is 0. The molecule has 0 radical (unpaired) electrons. The second-order valence-corrected chi connectivity index (χ2v) is 5.64. The van der Waals surface area contributed by atoms with Gasteiger partial charge in [-0.25, -0.2) is 20.8 Å². The summed E-state index contributed by atoms with van der Waals surface area (Å²) in [5.41, 5.74) is 5.90. The second-order valence-electron chi connectivity index (χ2n) is 4.63. The van der Waals surface area contributed by atoms with Crippen molar-refractivity contribution in [2.45, 2.75) is 43.7 Å². The van der Waals surface area contributed by atoms with Crippen molar-refractivity contribution in [3.8, 4) is 0 Å². The van der Waals surface area contributed by atoms with Crippen LogP contribution in [0.4, 0.5) is 5.82 Å². The highest BCUT2D eigenvalue weighted by atomic mass is 32.2. The van der Waals surface area contributed by atoms with Crippen molar-refractivity contribution in [2.24, 2.45) is 5.84 Å². The third-order valence-corrected chi connectivity index (χ3v) is 3.78. The van der Waals surface area contributed by atoms with Gasteiger partial charge in [0, 0.05) is 11.3 Å². The topological polar surface area (TPSA) is 76.7 Å². The molecule has 0 amide bonds. The Morgan fingerprint density at radius 1 is 1.25 bits per heavy atom. The predicted octanol–water partition coefficient (Wildman–Crippen LogP) is 2.88. The SMILES string of the molecule is CCCc1c(NN)ncnc1Sc1cc(C)cc(C)n1. The number of hydrogen-bond acceptors (Lipinski definition) is 6. The van der Waals surface area contributed by atoms with Crippen molar-refractivity contribution in [3.63, 3.8) is 0 Å². The van der Waals surface area contributed by atoms with Gasteiger partial charge in [-0.05, 0) is 49.7 Å². The highest BCUT2D eigenvalue weighted by Gasteiger charge is 2.12. The maximum Gasteiger partial charge on any atom is 0.147 e. The van der Waals surface area contributed by atoms with E-state index in [9.17, 15) is 0 Å². The van der Waals surface area contributed by atoms with Crippen LogP contribution in [0.5, 0.6) is 0 Å². The van der Waals surface area contributed by atoms with Crippen molar-refractivity contribution in [1.29, 1.82) is 0 Å². The monoisotopic (exact) mass is 289 g/mol. The van der Waals surface area contributed by atoms with E-state index in [0.717, 1.165) is 34.2 Å². The molecule has 2 aromatic heterocycles. The number of aryl methyl sites for hydroxylation is 2. The maximum absolute atomic E-state index is 5.53. The van der Waals surface area contributed by atoms with Gasteiger partial charge in [-0.2, -0.15) is 0 Å². The number of rotatable bonds is 5. The molecule has 6 heteroatoms. The van der Waals surface area contributed by atoms with Gasteiger partial charge in [-0.1, -0.05) is 13.3 Å². The fourth-order valence-electron chi connectivity index (χ4n) is 2.04. The highest BCUT2D eigenvalue weighted by Crippen LogP contribution is 2.31. The van der Waals surface area contributed by atoms with Crippen LogP contribution in [0, 0.1) is 13.8 Å². The Bertz CT molecular complexity index is 580. The summed E-state index contributed by atoms with van der Waals surface area (Å²) in [5.74, 6) is 6.21. The summed E-state index contributed by atoms with van der Waals surface area (Å²) in [6.45, 7) is 6.19. The standard InChI is InChI=1S/C14H19N5S/c1-4-5-11-13(19-15)16-8-17-14(11)20-12-7-9(2)6-10(3)18-12/h6-8H,4-5,15H2,1-3H3,(H,16,17,19). The molecule has 2 aromatic rings. The minimum absolute atomic E-state index is 0.689. The molecule has 0 aliphatic carbocycles. The number of nitrogens with two attached hydrogens (primary N) is 1. The summed E-state index contributed by atoms with van der Waals surface area (Å²) in [6.07, 6.45) is 3.42. The first-order chi connectivity index (χ1) is 9.63. The smallest absolute Gasteiger partial charge is 0.147 e. The Labute approximate surface area is 123 Å². The Hall–Kier alpha value is -1.66. The Balaban J connectivity index is 2.37. The molecule has 2 heterocycles. The van der Waals surface area contributed by atoms with Gasteiger partial charge in [0.2, 0.25) is 0 Å². The average molecular weight is 289 g/mol. The van der Waals surface area contributed by atoms with Crippen LogP contribution < -0.4 is 11.3 Å². The molecule has 3 N–H and O–H groups in total. The van der Waals surface area contributed by atoms with Crippen LogP contribution in [0.15, 0.2) is 28.5 Å². The molecule has 0 spiro atoms. The molecule has 5 nitrogen and oxygen atoms in total. The number of aromatic nitrogens is 3. The van der Waals surface area contributed by atoms with Crippen molar-refractivity contribution in [2.75, 3.05) is 5.43 Å². The molecular weight excluding hydrogens is 270 g/mol. The van der Waals surface area contributed by atoms with Crippen molar-refractivity contribution in [3.05, 3.63) is 35.3 Å². The van der Waals surface area contributed by atoms with Gasteiger partial charge in [-0.3, -0.25) is 0 Å². The van der Waals surface area contributed by atoms with Gasteiger partial charge >= 0.3 is 0 Å². The number of nitrogen functional groups attached to an aromatic ring is 1. The summed E-state index contributed by atoms with van der Waals surface area (Å²) in [5, 5.41) is 1.86. The molecule has 20 heavy (non-hydrogen) atoms. The van der Waals surface area contributed by atoms with Crippen LogP contribution in [0.1, 0.15) is 30.2 Å². The van der Waals surface area contributed by atoms with Gasteiger partial charge in [0.1, 0.15) is 22.2 Å². The molecule has 0 unspecified atom stereocenters. The van der Waals surface area contributed by atoms with E-state index in [4.69, 9.17) is 5.84 Å². The molecule has 0 aromatic carbocycles. The second kappa shape index (κ2) is 6.67. The molecule has 2 rings (SSSR count). The average Bonchev–Trinajstić information content (AvgIpc) is 2.39. The third kappa shape index (κ3) is 3.46. The van der Waals surface area contributed by atoms with Gasteiger partial charge < -0.3 is 5.43 Å².